The minimum atomic E-state index is -0.101. The van der Waals surface area contributed by atoms with Gasteiger partial charge in [-0.2, -0.15) is 0 Å². The number of benzene rings is 1. The first kappa shape index (κ1) is 20.2. The number of aromatic nitrogens is 2. The van der Waals surface area contributed by atoms with Gasteiger partial charge < -0.3 is 15.1 Å². The number of nitrogens with zero attached hydrogens (tertiary/aromatic N) is 4. The average Bonchev–Trinajstić information content (AvgIpc) is 3.15. The van der Waals surface area contributed by atoms with Crippen LogP contribution in [-0.4, -0.2) is 65.9 Å². The van der Waals surface area contributed by atoms with Crippen LogP contribution in [0, 0.1) is 0 Å². The molecule has 0 spiro atoms. The van der Waals surface area contributed by atoms with Crippen LogP contribution in [0.25, 0.3) is 0 Å². The van der Waals surface area contributed by atoms with Gasteiger partial charge in [-0.05, 0) is 18.2 Å². The number of thioether (sulfide) groups is 1. The third kappa shape index (κ3) is 5.04. The van der Waals surface area contributed by atoms with Gasteiger partial charge in [0.15, 0.2) is 4.34 Å². The normalized spacial score (nSPS) is 14.3. The van der Waals surface area contributed by atoms with Crippen molar-refractivity contribution in [3.63, 3.8) is 0 Å². The summed E-state index contributed by atoms with van der Waals surface area (Å²) in [6, 6.07) is 4.89. The van der Waals surface area contributed by atoms with Crippen LogP contribution in [-0.2, 0) is 4.79 Å². The molecule has 0 radical (unpaired) electrons. The zero-order valence-electron chi connectivity index (χ0n) is 14.4. The second-order valence-corrected chi connectivity index (χ2v) is 8.74. The summed E-state index contributed by atoms with van der Waals surface area (Å²) in [7, 11) is 1.60. The van der Waals surface area contributed by atoms with Crippen LogP contribution in [0.5, 0.6) is 0 Å². The third-order valence-corrected chi connectivity index (χ3v) is 6.67. The Balaban J connectivity index is 1.56. The summed E-state index contributed by atoms with van der Waals surface area (Å²) in [5, 5.41) is 12.5. The van der Waals surface area contributed by atoms with Crippen molar-refractivity contribution < 1.29 is 9.59 Å². The number of carbonyl (C=O) groups excluding carboxylic acids is 2. The van der Waals surface area contributed by atoms with Crippen LogP contribution in [0.2, 0.25) is 10.0 Å². The van der Waals surface area contributed by atoms with Crippen LogP contribution < -0.4 is 10.2 Å². The van der Waals surface area contributed by atoms with Gasteiger partial charge in [-0.3, -0.25) is 9.59 Å². The minimum absolute atomic E-state index is 0.0512. The Morgan fingerprint density at radius 3 is 2.63 bits per heavy atom. The molecule has 0 bridgehead atoms. The quantitative estimate of drug-likeness (QED) is 0.712. The SMILES string of the molecule is CNC(=O)CSc1nnc(N2CCN(C(=O)c3ccc(Cl)cc3Cl)CC2)s1. The molecule has 1 aromatic carbocycles. The van der Waals surface area contributed by atoms with Crippen molar-refractivity contribution in [2.45, 2.75) is 4.34 Å². The van der Waals surface area contributed by atoms with E-state index in [2.05, 4.69) is 20.4 Å². The van der Waals surface area contributed by atoms with Gasteiger partial charge in [-0.1, -0.05) is 46.3 Å². The van der Waals surface area contributed by atoms with Crippen molar-refractivity contribution >= 4 is 63.2 Å². The number of hydrogen-bond donors (Lipinski definition) is 1. The Bertz CT molecular complexity index is 840. The molecule has 0 atom stereocenters. The lowest BCUT2D eigenvalue weighted by molar-refractivity contribution is -0.118. The molecule has 1 aliphatic heterocycles. The number of hydrogen-bond acceptors (Lipinski definition) is 7. The van der Waals surface area contributed by atoms with Gasteiger partial charge in [0.2, 0.25) is 11.0 Å². The molecule has 27 heavy (non-hydrogen) atoms. The zero-order chi connectivity index (χ0) is 19.4. The maximum absolute atomic E-state index is 12.7. The summed E-state index contributed by atoms with van der Waals surface area (Å²) >= 11 is 14.8. The summed E-state index contributed by atoms with van der Waals surface area (Å²) in [6.07, 6.45) is 0. The van der Waals surface area contributed by atoms with Gasteiger partial charge in [0.05, 0.1) is 16.3 Å². The lowest BCUT2D eigenvalue weighted by atomic mass is 10.2. The van der Waals surface area contributed by atoms with Crippen LogP contribution in [0.1, 0.15) is 10.4 Å². The Hall–Kier alpha value is -1.55. The van der Waals surface area contributed by atoms with Crippen molar-refractivity contribution in [2.24, 2.45) is 0 Å². The van der Waals surface area contributed by atoms with Crippen molar-refractivity contribution in [1.29, 1.82) is 0 Å². The predicted octanol–water partition coefficient (Wildman–Crippen LogP) is 2.65. The zero-order valence-corrected chi connectivity index (χ0v) is 17.6. The monoisotopic (exact) mass is 445 g/mol. The van der Waals surface area contributed by atoms with Crippen molar-refractivity contribution in [3.8, 4) is 0 Å². The van der Waals surface area contributed by atoms with Crippen LogP contribution >= 0.6 is 46.3 Å². The third-order valence-electron chi connectivity index (χ3n) is 4.00. The lowest BCUT2D eigenvalue weighted by Gasteiger charge is -2.34. The fourth-order valence-corrected chi connectivity index (χ4v) is 4.78. The molecular weight excluding hydrogens is 429 g/mol. The summed E-state index contributed by atoms with van der Waals surface area (Å²) in [5.74, 6) is 0.162. The fraction of sp³-hybridized carbons (Fsp3) is 0.375. The summed E-state index contributed by atoms with van der Waals surface area (Å²) in [4.78, 5) is 27.8. The van der Waals surface area contributed by atoms with Crippen molar-refractivity contribution in [1.82, 2.24) is 20.4 Å². The molecule has 0 aliphatic carbocycles. The first-order valence-corrected chi connectivity index (χ1v) is 10.7. The van der Waals surface area contributed by atoms with E-state index in [1.165, 1.54) is 23.1 Å². The number of nitrogens with one attached hydrogen (secondary N) is 1. The van der Waals surface area contributed by atoms with E-state index in [9.17, 15) is 9.59 Å². The first-order chi connectivity index (χ1) is 13.0. The van der Waals surface area contributed by atoms with Gasteiger partial charge in [-0.15, -0.1) is 10.2 Å². The highest BCUT2D eigenvalue weighted by atomic mass is 35.5. The highest BCUT2D eigenvalue weighted by Crippen LogP contribution is 2.29. The van der Waals surface area contributed by atoms with E-state index in [-0.39, 0.29) is 11.8 Å². The van der Waals surface area contributed by atoms with Crippen LogP contribution in [0.4, 0.5) is 5.13 Å². The number of carbonyl (C=O) groups is 2. The topological polar surface area (TPSA) is 78.4 Å². The second kappa shape index (κ2) is 9.09. The summed E-state index contributed by atoms with van der Waals surface area (Å²) < 4.78 is 0.750. The van der Waals surface area contributed by atoms with Gasteiger partial charge in [0.1, 0.15) is 0 Å². The number of halogens is 2. The highest BCUT2D eigenvalue weighted by Gasteiger charge is 2.25. The van der Waals surface area contributed by atoms with Gasteiger partial charge in [0, 0.05) is 38.2 Å². The Morgan fingerprint density at radius 1 is 1.22 bits per heavy atom. The molecule has 7 nitrogen and oxygen atoms in total. The van der Waals surface area contributed by atoms with Gasteiger partial charge in [0.25, 0.3) is 5.91 Å². The molecule has 2 amide bonds. The largest absolute Gasteiger partial charge is 0.358 e. The highest BCUT2D eigenvalue weighted by molar-refractivity contribution is 8.01. The molecule has 1 aliphatic rings. The molecule has 3 rings (SSSR count). The second-order valence-electron chi connectivity index (χ2n) is 5.72. The van der Waals surface area contributed by atoms with E-state index in [0.29, 0.717) is 47.5 Å². The minimum Gasteiger partial charge on any atom is -0.358 e. The molecular formula is C16H17Cl2N5O2S2. The number of piperazine rings is 1. The standard InChI is InChI=1S/C16H17Cl2N5O2S2/c1-19-13(24)9-26-16-21-20-15(27-16)23-6-4-22(5-7-23)14(25)11-3-2-10(17)8-12(11)18/h2-3,8H,4-7,9H2,1H3,(H,19,24). The molecule has 11 heteroatoms. The first-order valence-electron chi connectivity index (χ1n) is 8.14. The van der Waals surface area contributed by atoms with E-state index in [4.69, 9.17) is 23.2 Å². The predicted molar refractivity (Wildman–Crippen MR) is 109 cm³/mol. The van der Waals surface area contributed by atoms with E-state index in [1.807, 2.05) is 0 Å². The van der Waals surface area contributed by atoms with E-state index in [0.717, 1.165) is 9.47 Å². The Morgan fingerprint density at radius 2 is 1.96 bits per heavy atom. The smallest absolute Gasteiger partial charge is 0.255 e. The average molecular weight is 446 g/mol. The van der Waals surface area contributed by atoms with Gasteiger partial charge in [-0.25, -0.2) is 0 Å². The molecule has 1 saturated heterocycles. The van der Waals surface area contributed by atoms with Crippen molar-refractivity contribution in [3.05, 3.63) is 33.8 Å². The summed E-state index contributed by atoms with van der Waals surface area (Å²) in [5.41, 5.74) is 0.457. The molecule has 2 aromatic rings. The molecule has 0 unspecified atom stereocenters. The Kier molecular flexibility index (Phi) is 6.80. The Labute approximate surface area is 175 Å². The molecule has 1 aromatic heterocycles. The molecule has 144 valence electrons. The molecule has 1 N–H and O–H groups in total. The number of rotatable bonds is 5. The lowest BCUT2D eigenvalue weighted by Crippen LogP contribution is -2.48. The molecule has 0 saturated carbocycles. The molecule has 2 heterocycles. The van der Waals surface area contributed by atoms with Crippen LogP contribution in [0.3, 0.4) is 0 Å². The van der Waals surface area contributed by atoms with Crippen LogP contribution in [0.15, 0.2) is 22.5 Å². The number of amides is 2. The number of anilines is 1. The fourth-order valence-electron chi connectivity index (χ4n) is 2.52. The maximum atomic E-state index is 12.7. The van der Waals surface area contributed by atoms with E-state index in [1.54, 1.807) is 30.1 Å². The van der Waals surface area contributed by atoms with E-state index >= 15 is 0 Å². The molecule has 1 fully saturated rings. The van der Waals surface area contributed by atoms with Gasteiger partial charge >= 0.3 is 0 Å². The maximum Gasteiger partial charge on any atom is 0.255 e. The van der Waals surface area contributed by atoms with E-state index < -0.39 is 0 Å². The summed E-state index contributed by atoms with van der Waals surface area (Å²) in [6.45, 7) is 2.45. The van der Waals surface area contributed by atoms with Crippen molar-refractivity contribution in [2.75, 3.05) is 43.9 Å².